The Balaban J connectivity index is 2.44. The highest BCUT2D eigenvalue weighted by Crippen LogP contribution is 2.30. The van der Waals surface area contributed by atoms with E-state index in [2.05, 4.69) is 16.5 Å². The maximum absolute atomic E-state index is 13.9. The van der Waals surface area contributed by atoms with Gasteiger partial charge < -0.3 is 20.9 Å². The average molecular weight is 407 g/mol. The number of hydrogen-bond acceptors (Lipinski definition) is 8. The SMILES string of the molecule is C=CCOc1cc(CN(C(=O)OCC)c2nc(SC)nc(N)c2N)ccc1F. The minimum Gasteiger partial charge on any atom is -0.486 e. The zero-order chi connectivity index (χ0) is 20.7. The number of ether oxygens (including phenoxy) is 2. The second-order valence-corrected chi connectivity index (χ2v) is 6.26. The number of nitrogens with zero attached hydrogens (tertiary/aromatic N) is 3. The van der Waals surface area contributed by atoms with E-state index in [0.717, 1.165) is 0 Å². The van der Waals surface area contributed by atoms with E-state index in [1.165, 1.54) is 40.9 Å². The molecule has 0 unspecified atom stereocenters. The molecule has 0 aliphatic rings. The van der Waals surface area contributed by atoms with Crippen molar-refractivity contribution in [2.75, 3.05) is 35.8 Å². The van der Waals surface area contributed by atoms with E-state index in [1.807, 2.05) is 0 Å². The molecule has 1 amide bonds. The van der Waals surface area contributed by atoms with Crippen molar-refractivity contribution in [3.63, 3.8) is 0 Å². The van der Waals surface area contributed by atoms with Crippen LogP contribution in [0.2, 0.25) is 0 Å². The van der Waals surface area contributed by atoms with E-state index >= 15 is 0 Å². The van der Waals surface area contributed by atoms with Gasteiger partial charge in [0.25, 0.3) is 0 Å². The summed E-state index contributed by atoms with van der Waals surface area (Å²) in [6.07, 6.45) is 2.61. The Bertz CT molecular complexity index is 865. The van der Waals surface area contributed by atoms with E-state index in [1.54, 1.807) is 13.2 Å². The fraction of sp³-hybridized carbons (Fsp3) is 0.278. The van der Waals surface area contributed by atoms with Gasteiger partial charge in [0, 0.05) is 0 Å². The van der Waals surface area contributed by atoms with Gasteiger partial charge in [0.2, 0.25) is 0 Å². The van der Waals surface area contributed by atoms with E-state index in [0.29, 0.717) is 10.7 Å². The third-order valence-electron chi connectivity index (χ3n) is 3.55. The van der Waals surface area contributed by atoms with Crippen LogP contribution in [-0.2, 0) is 11.3 Å². The van der Waals surface area contributed by atoms with Crippen LogP contribution >= 0.6 is 11.8 Å². The number of anilines is 3. The molecule has 2 rings (SSSR count). The number of aromatic nitrogens is 2. The smallest absolute Gasteiger partial charge is 0.415 e. The second kappa shape index (κ2) is 9.79. The highest BCUT2D eigenvalue weighted by Gasteiger charge is 2.24. The van der Waals surface area contributed by atoms with Gasteiger partial charge in [0.05, 0.1) is 13.2 Å². The van der Waals surface area contributed by atoms with Crippen LogP contribution in [0.5, 0.6) is 5.75 Å². The molecule has 0 saturated heterocycles. The standard InChI is InChI=1S/C18H22FN5O3S/c1-4-8-27-13-9-11(6-7-12(13)19)10-24(18(25)26-5-2)16-14(20)15(21)22-17(23-16)28-3/h4,6-7,9H,1,5,8,10,20H2,2-3H3,(H2,21,22,23). The minimum absolute atomic E-state index is 0.0119. The summed E-state index contributed by atoms with van der Waals surface area (Å²) in [6.45, 7) is 5.53. The maximum atomic E-state index is 13.9. The molecule has 0 atom stereocenters. The molecule has 1 heterocycles. The lowest BCUT2D eigenvalue weighted by atomic mass is 10.2. The number of nitrogens with two attached hydrogens (primary N) is 2. The fourth-order valence-corrected chi connectivity index (χ4v) is 2.63. The molecule has 0 fully saturated rings. The Kier molecular flexibility index (Phi) is 7.44. The largest absolute Gasteiger partial charge is 0.486 e. The molecule has 0 aliphatic heterocycles. The second-order valence-electron chi connectivity index (χ2n) is 5.48. The molecule has 8 nitrogen and oxygen atoms in total. The molecule has 0 radical (unpaired) electrons. The predicted molar refractivity (Wildman–Crippen MR) is 108 cm³/mol. The first-order valence-electron chi connectivity index (χ1n) is 8.34. The number of halogens is 1. The molecule has 0 bridgehead atoms. The van der Waals surface area contributed by atoms with Crippen molar-refractivity contribution in [3.8, 4) is 5.75 Å². The normalized spacial score (nSPS) is 10.4. The number of hydrogen-bond donors (Lipinski definition) is 2. The lowest BCUT2D eigenvalue weighted by Gasteiger charge is -2.23. The Morgan fingerprint density at radius 2 is 2.14 bits per heavy atom. The van der Waals surface area contributed by atoms with Gasteiger partial charge in [-0.25, -0.2) is 19.2 Å². The van der Waals surface area contributed by atoms with E-state index in [4.69, 9.17) is 20.9 Å². The van der Waals surface area contributed by atoms with Crippen molar-refractivity contribution in [1.29, 1.82) is 0 Å². The molecule has 2 aromatic rings. The number of nitrogen functional groups attached to an aromatic ring is 2. The van der Waals surface area contributed by atoms with E-state index < -0.39 is 11.9 Å². The summed E-state index contributed by atoms with van der Waals surface area (Å²) < 4.78 is 24.3. The lowest BCUT2D eigenvalue weighted by molar-refractivity contribution is 0.159. The van der Waals surface area contributed by atoms with Crippen LogP contribution in [0.3, 0.4) is 0 Å². The zero-order valence-electron chi connectivity index (χ0n) is 15.6. The van der Waals surface area contributed by atoms with Gasteiger partial charge in [-0.05, 0) is 30.9 Å². The van der Waals surface area contributed by atoms with Gasteiger partial charge in [0.15, 0.2) is 28.4 Å². The van der Waals surface area contributed by atoms with Gasteiger partial charge in [-0.1, -0.05) is 30.5 Å². The first kappa shape index (κ1) is 21.3. The molecular formula is C18H22FN5O3S. The molecular weight excluding hydrogens is 385 g/mol. The number of carbonyl (C=O) groups excluding carboxylic acids is 1. The lowest BCUT2D eigenvalue weighted by Crippen LogP contribution is -2.33. The van der Waals surface area contributed by atoms with Crippen LogP contribution in [0.1, 0.15) is 12.5 Å². The summed E-state index contributed by atoms with van der Waals surface area (Å²) in [6, 6.07) is 4.27. The number of amides is 1. The monoisotopic (exact) mass is 407 g/mol. The van der Waals surface area contributed by atoms with Gasteiger partial charge in [0.1, 0.15) is 12.3 Å². The molecule has 28 heavy (non-hydrogen) atoms. The van der Waals surface area contributed by atoms with Gasteiger partial charge in [-0.15, -0.1) is 0 Å². The first-order chi connectivity index (χ1) is 13.4. The summed E-state index contributed by atoms with van der Waals surface area (Å²) in [4.78, 5) is 22.1. The number of rotatable bonds is 8. The molecule has 1 aromatic carbocycles. The molecule has 0 spiro atoms. The summed E-state index contributed by atoms with van der Waals surface area (Å²) >= 11 is 1.25. The Labute approximate surface area is 166 Å². The Morgan fingerprint density at radius 3 is 2.79 bits per heavy atom. The van der Waals surface area contributed by atoms with Crippen LogP contribution in [0, 0.1) is 5.82 Å². The third-order valence-corrected chi connectivity index (χ3v) is 4.10. The average Bonchev–Trinajstić information content (AvgIpc) is 2.68. The van der Waals surface area contributed by atoms with E-state index in [9.17, 15) is 9.18 Å². The van der Waals surface area contributed by atoms with Crippen LogP contribution in [0.25, 0.3) is 0 Å². The van der Waals surface area contributed by atoms with Gasteiger partial charge >= 0.3 is 6.09 Å². The van der Waals surface area contributed by atoms with Gasteiger partial charge in [-0.2, -0.15) is 0 Å². The first-order valence-corrected chi connectivity index (χ1v) is 9.57. The molecule has 4 N–H and O–H groups in total. The van der Waals surface area contributed by atoms with Crippen LogP contribution in [-0.4, -0.2) is 35.5 Å². The van der Waals surface area contributed by atoms with Crippen LogP contribution in [0.4, 0.5) is 26.5 Å². The van der Waals surface area contributed by atoms with Crippen molar-refractivity contribution >= 4 is 35.2 Å². The Hall–Kier alpha value is -3.01. The van der Waals surface area contributed by atoms with Crippen LogP contribution in [0.15, 0.2) is 36.0 Å². The van der Waals surface area contributed by atoms with Crippen molar-refractivity contribution in [1.82, 2.24) is 9.97 Å². The predicted octanol–water partition coefficient (Wildman–Crippen LogP) is 3.23. The highest BCUT2D eigenvalue weighted by molar-refractivity contribution is 7.98. The fourth-order valence-electron chi connectivity index (χ4n) is 2.27. The molecule has 0 aliphatic carbocycles. The van der Waals surface area contributed by atoms with Crippen LogP contribution < -0.4 is 21.1 Å². The minimum atomic E-state index is -0.669. The summed E-state index contributed by atoms with van der Waals surface area (Å²) in [5, 5.41) is 0.352. The molecule has 150 valence electrons. The molecule has 0 saturated carbocycles. The zero-order valence-corrected chi connectivity index (χ0v) is 16.5. The molecule has 1 aromatic heterocycles. The highest BCUT2D eigenvalue weighted by atomic mass is 32.2. The quantitative estimate of drug-likeness (QED) is 0.389. The Morgan fingerprint density at radius 1 is 1.39 bits per heavy atom. The maximum Gasteiger partial charge on any atom is 0.415 e. The number of thioether (sulfide) groups is 1. The van der Waals surface area contributed by atoms with Crippen molar-refractivity contribution in [2.45, 2.75) is 18.6 Å². The van der Waals surface area contributed by atoms with Crippen molar-refractivity contribution < 1.29 is 18.7 Å². The number of benzene rings is 1. The van der Waals surface area contributed by atoms with E-state index in [-0.39, 0.29) is 42.8 Å². The summed E-state index contributed by atoms with van der Waals surface area (Å²) in [5.74, 6) is -0.309. The molecule has 10 heteroatoms. The summed E-state index contributed by atoms with van der Waals surface area (Å²) in [5.41, 5.74) is 12.5. The topological polar surface area (TPSA) is 117 Å². The number of carbonyl (C=O) groups is 1. The van der Waals surface area contributed by atoms with Crippen molar-refractivity contribution in [2.24, 2.45) is 0 Å². The van der Waals surface area contributed by atoms with Crippen molar-refractivity contribution in [3.05, 3.63) is 42.2 Å². The third kappa shape index (κ3) is 5.03. The summed E-state index contributed by atoms with van der Waals surface area (Å²) in [7, 11) is 0. The van der Waals surface area contributed by atoms with Gasteiger partial charge in [-0.3, -0.25) is 4.90 Å².